The molecule has 228 valence electrons. The van der Waals surface area contributed by atoms with Gasteiger partial charge in [-0.3, -0.25) is 19.7 Å². The Kier molecular flexibility index (Phi) is 8.22. The number of allylic oxidation sites excluding steroid dienone is 4. The molecule has 0 fully saturated rings. The molecule has 0 spiro atoms. The number of hydrogen-bond donors (Lipinski definition) is 0. The highest BCUT2D eigenvalue weighted by Gasteiger charge is 2.49. The van der Waals surface area contributed by atoms with Crippen molar-refractivity contribution in [3.8, 4) is 11.5 Å². The highest BCUT2D eigenvalue weighted by molar-refractivity contribution is 6.06. The zero-order chi connectivity index (χ0) is 31.1. The monoisotopic (exact) mass is 588 g/mol. The number of carbonyl (C=O) groups excluding carboxylic acids is 2. The van der Waals surface area contributed by atoms with Gasteiger partial charge in [0, 0.05) is 67.1 Å². The summed E-state index contributed by atoms with van der Waals surface area (Å²) in [4.78, 5) is 40.7. The van der Waals surface area contributed by atoms with Crippen LogP contribution in [0.5, 0.6) is 11.5 Å². The van der Waals surface area contributed by atoms with E-state index in [0.717, 1.165) is 35.4 Å². The van der Waals surface area contributed by atoms with Crippen molar-refractivity contribution in [3.05, 3.63) is 86.2 Å². The Morgan fingerprint density at radius 1 is 0.860 bits per heavy atom. The molecule has 5 rings (SSSR count). The first-order valence-corrected chi connectivity index (χ1v) is 14.7. The van der Waals surface area contributed by atoms with Gasteiger partial charge in [0.1, 0.15) is 6.61 Å². The Morgan fingerprint density at radius 2 is 1.44 bits per heavy atom. The maximum Gasteiger partial charge on any atom is 0.269 e. The Labute approximate surface area is 252 Å². The van der Waals surface area contributed by atoms with Crippen LogP contribution in [0.1, 0.15) is 70.4 Å². The predicted molar refractivity (Wildman–Crippen MR) is 162 cm³/mol. The Hall–Kier alpha value is -3.98. The van der Waals surface area contributed by atoms with Crippen molar-refractivity contribution < 1.29 is 28.7 Å². The van der Waals surface area contributed by atoms with Gasteiger partial charge in [-0.1, -0.05) is 33.8 Å². The molecule has 0 N–H and O–H groups in total. The number of carbonyl (C=O) groups is 2. The van der Waals surface area contributed by atoms with E-state index < -0.39 is 10.8 Å². The van der Waals surface area contributed by atoms with Crippen molar-refractivity contribution in [3.63, 3.8) is 0 Å². The van der Waals surface area contributed by atoms with Crippen LogP contribution < -0.4 is 9.47 Å². The standard InChI is InChI=1S/C34H40N2O7/c1-33(2)16-24-31(26(37)18-33)30(32-25(35(24)13-14-41-5)17-34(3,4)19-27(32)38)22-9-12-28(29(15-22)42-6)43-20-21-7-10-23(11-8-21)36(39)40/h7-12,15,30H,13-14,16-20H2,1-6H3. The molecule has 0 atom stereocenters. The second kappa shape index (κ2) is 11.6. The van der Waals surface area contributed by atoms with Crippen LogP contribution in [0, 0.1) is 20.9 Å². The van der Waals surface area contributed by atoms with Crippen molar-refractivity contribution in [1.82, 2.24) is 4.90 Å². The molecule has 2 aromatic rings. The number of non-ortho nitro benzene ring substituents is 1. The average molecular weight is 589 g/mol. The minimum atomic E-state index is -0.492. The molecule has 3 aliphatic rings. The average Bonchev–Trinajstić information content (AvgIpc) is 2.93. The van der Waals surface area contributed by atoms with E-state index in [-0.39, 0.29) is 34.7 Å². The van der Waals surface area contributed by atoms with Gasteiger partial charge >= 0.3 is 0 Å². The van der Waals surface area contributed by atoms with E-state index in [4.69, 9.17) is 14.2 Å². The topological polar surface area (TPSA) is 108 Å². The second-order valence-corrected chi connectivity index (χ2v) is 13.3. The molecule has 1 heterocycles. The van der Waals surface area contributed by atoms with Gasteiger partial charge in [-0.05, 0) is 59.1 Å². The van der Waals surface area contributed by atoms with Gasteiger partial charge < -0.3 is 19.1 Å². The van der Waals surface area contributed by atoms with E-state index in [0.29, 0.717) is 48.6 Å². The van der Waals surface area contributed by atoms with Gasteiger partial charge in [-0.25, -0.2) is 0 Å². The van der Waals surface area contributed by atoms with E-state index in [1.807, 2.05) is 18.2 Å². The zero-order valence-electron chi connectivity index (χ0n) is 25.8. The minimum Gasteiger partial charge on any atom is -0.493 e. The molecule has 2 aliphatic carbocycles. The van der Waals surface area contributed by atoms with Gasteiger partial charge in [0.05, 0.1) is 18.6 Å². The first-order valence-electron chi connectivity index (χ1n) is 14.7. The lowest BCUT2D eigenvalue weighted by molar-refractivity contribution is -0.384. The normalized spacial score (nSPS) is 19.7. The largest absolute Gasteiger partial charge is 0.493 e. The van der Waals surface area contributed by atoms with Crippen LogP contribution in [0.2, 0.25) is 0 Å². The summed E-state index contributed by atoms with van der Waals surface area (Å²) in [6, 6.07) is 11.8. The number of nitro groups is 1. The molecular formula is C34H40N2O7. The van der Waals surface area contributed by atoms with Crippen molar-refractivity contribution in [2.75, 3.05) is 27.4 Å². The third-order valence-corrected chi connectivity index (χ3v) is 8.60. The van der Waals surface area contributed by atoms with E-state index in [1.54, 1.807) is 26.4 Å². The Balaban J connectivity index is 1.57. The molecule has 0 amide bonds. The quantitative estimate of drug-likeness (QED) is 0.241. The van der Waals surface area contributed by atoms with Crippen LogP contribution in [-0.2, 0) is 20.9 Å². The van der Waals surface area contributed by atoms with E-state index in [1.165, 1.54) is 12.1 Å². The maximum absolute atomic E-state index is 14.0. The van der Waals surface area contributed by atoms with Crippen LogP contribution in [0.15, 0.2) is 65.0 Å². The Morgan fingerprint density at radius 3 is 1.95 bits per heavy atom. The molecule has 43 heavy (non-hydrogen) atoms. The summed E-state index contributed by atoms with van der Waals surface area (Å²) in [7, 11) is 3.23. The SMILES string of the molecule is COCCN1C2=C(C(=O)CC(C)(C)C2)C(c2ccc(OCc3ccc([N+](=O)[O-])cc3)c(OC)c2)C2=C1CC(C)(C)CC2=O. The maximum atomic E-state index is 14.0. The summed E-state index contributed by atoms with van der Waals surface area (Å²) in [6.07, 6.45) is 2.28. The van der Waals surface area contributed by atoms with Crippen LogP contribution >= 0.6 is 0 Å². The van der Waals surface area contributed by atoms with Crippen LogP contribution in [0.3, 0.4) is 0 Å². The molecule has 0 unspecified atom stereocenters. The smallest absolute Gasteiger partial charge is 0.269 e. The van der Waals surface area contributed by atoms with E-state index in [9.17, 15) is 19.7 Å². The number of nitro benzene ring substituents is 1. The highest BCUT2D eigenvalue weighted by Crippen LogP contribution is 2.54. The first-order chi connectivity index (χ1) is 20.3. The number of ketones is 2. The second-order valence-electron chi connectivity index (χ2n) is 13.3. The van der Waals surface area contributed by atoms with Gasteiger partial charge in [0.15, 0.2) is 23.1 Å². The molecule has 9 nitrogen and oxygen atoms in total. The van der Waals surface area contributed by atoms with Gasteiger partial charge in [-0.15, -0.1) is 0 Å². The number of nitrogens with zero attached hydrogens (tertiary/aromatic N) is 2. The molecule has 1 aliphatic heterocycles. The molecule has 0 aromatic heterocycles. The van der Waals surface area contributed by atoms with E-state index in [2.05, 4.69) is 32.6 Å². The number of methoxy groups -OCH3 is 2. The third-order valence-electron chi connectivity index (χ3n) is 8.60. The number of benzene rings is 2. The lowest BCUT2D eigenvalue weighted by atomic mass is 9.63. The van der Waals surface area contributed by atoms with E-state index >= 15 is 0 Å². The molecule has 9 heteroatoms. The molecule has 0 radical (unpaired) electrons. The highest BCUT2D eigenvalue weighted by atomic mass is 16.6. The zero-order valence-corrected chi connectivity index (χ0v) is 25.8. The summed E-state index contributed by atoms with van der Waals surface area (Å²) < 4.78 is 17.3. The van der Waals surface area contributed by atoms with Crippen molar-refractivity contribution >= 4 is 17.3 Å². The minimum absolute atomic E-state index is 0.0163. The summed E-state index contributed by atoms with van der Waals surface area (Å²) in [5, 5.41) is 11.0. The number of rotatable bonds is 9. The third kappa shape index (κ3) is 6.09. The number of ether oxygens (including phenoxy) is 3. The fraction of sp³-hybridized carbons (Fsp3) is 0.471. The molecule has 0 bridgehead atoms. The molecular weight excluding hydrogens is 548 g/mol. The first kappa shape index (κ1) is 30.5. The summed E-state index contributed by atoms with van der Waals surface area (Å²) >= 11 is 0. The fourth-order valence-corrected chi connectivity index (χ4v) is 6.69. The summed E-state index contributed by atoms with van der Waals surface area (Å²) in [6.45, 7) is 9.74. The Bertz CT molecular complexity index is 1460. The van der Waals surface area contributed by atoms with Crippen LogP contribution in [0.25, 0.3) is 0 Å². The molecule has 0 saturated carbocycles. The molecule has 2 aromatic carbocycles. The summed E-state index contributed by atoms with van der Waals surface area (Å²) in [5.74, 6) is 0.629. The number of hydrogen-bond acceptors (Lipinski definition) is 8. The van der Waals surface area contributed by atoms with Crippen LogP contribution in [0.4, 0.5) is 5.69 Å². The van der Waals surface area contributed by atoms with Gasteiger partial charge in [0.25, 0.3) is 5.69 Å². The molecule has 0 saturated heterocycles. The predicted octanol–water partition coefficient (Wildman–Crippen LogP) is 6.51. The van der Waals surface area contributed by atoms with Gasteiger partial charge in [-0.2, -0.15) is 0 Å². The lowest BCUT2D eigenvalue weighted by Crippen LogP contribution is -2.45. The van der Waals surface area contributed by atoms with Crippen molar-refractivity contribution in [2.45, 2.75) is 65.9 Å². The van der Waals surface area contributed by atoms with Crippen molar-refractivity contribution in [2.24, 2.45) is 10.8 Å². The summed E-state index contributed by atoms with van der Waals surface area (Å²) in [5.41, 5.74) is 4.57. The number of Topliss-reactive ketones (excluding diaryl/α,β-unsaturated/α-hetero) is 2. The van der Waals surface area contributed by atoms with Crippen LogP contribution in [-0.4, -0.2) is 48.8 Å². The lowest BCUT2D eigenvalue weighted by Gasteiger charge is -2.49. The fourth-order valence-electron chi connectivity index (χ4n) is 6.69. The van der Waals surface area contributed by atoms with Crippen molar-refractivity contribution in [1.29, 1.82) is 0 Å². The van der Waals surface area contributed by atoms with Gasteiger partial charge in [0.2, 0.25) is 0 Å².